The molecule has 1 heterocycles. The molecule has 1 N–H and O–H groups in total. The minimum absolute atomic E-state index is 0.368. The fraction of sp³-hybridized carbons (Fsp3) is 0.438. The van der Waals surface area contributed by atoms with E-state index in [-0.39, 0.29) is 0 Å². The third-order valence-electron chi connectivity index (χ3n) is 4.00. The van der Waals surface area contributed by atoms with Crippen LogP contribution in [0.3, 0.4) is 0 Å². The quantitative estimate of drug-likeness (QED) is 0.910. The second-order valence-corrected chi connectivity index (χ2v) is 5.59. The normalized spacial score (nSPS) is 23.3. The van der Waals surface area contributed by atoms with E-state index < -0.39 is 0 Å². The molecule has 0 aliphatic heterocycles. The van der Waals surface area contributed by atoms with Gasteiger partial charge in [0.1, 0.15) is 0 Å². The van der Waals surface area contributed by atoms with Gasteiger partial charge < -0.3 is 5.32 Å². The molecule has 3 unspecified atom stereocenters. The summed E-state index contributed by atoms with van der Waals surface area (Å²) in [5.41, 5.74) is 3.88. The Morgan fingerprint density at radius 3 is 2.68 bits per heavy atom. The van der Waals surface area contributed by atoms with Crippen LogP contribution >= 0.6 is 0 Å². The van der Waals surface area contributed by atoms with Crippen LogP contribution in [0.15, 0.2) is 36.5 Å². The van der Waals surface area contributed by atoms with Gasteiger partial charge in [-0.25, -0.2) is 0 Å². The molecule has 1 aliphatic carbocycles. The van der Waals surface area contributed by atoms with Gasteiger partial charge in [0, 0.05) is 36.8 Å². The number of aromatic nitrogens is 2. The van der Waals surface area contributed by atoms with Gasteiger partial charge in [-0.05, 0) is 25.8 Å². The highest BCUT2D eigenvalue weighted by atomic mass is 15.3. The van der Waals surface area contributed by atoms with Gasteiger partial charge in [0.15, 0.2) is 0 Å². The summed E-state index contributed by atoms with van der Waals surface area (Å²) in [6, 6.07) is 11.8. The Labute approximate surface area is 114 Å². The predicted molar refractivity (Wildman–Crippen MR) is 77.1 cm³/mol. The van der Waals surface area contributed by atoms with Crippen LogP contribution in [-0.2, 0) is 7.05 Å². The molecule has 3 heteroatoms. The fourth-order valence-corrected chi connectivity index (χ4v) is 2.90. The van der Waals surface area contributed by atoms with Gasteiger partial charge in [-0.3, -0.25) is 4.68 Å². The van der Waals surface area contributed by atoms with Crippen LogP contribution in [0.2, 0.25) is 0 Å². The zero-order valence-corrected chi connectivity index (χ0v) is 11.8. The summed E-state index contributed by atoms with van der Waals surface area (Å²) in [5, 5.41) is 8.13. The molecule has 1 saturated carbocycles. The van der Waals surface area contributed by atoms with Crippen LogP contribution in [-0.4, -0.2) is 15.8 Å². The summed E-state index contributed by atoms with van der Waals surface area (Å²) >= 11 is 0. The third kappa shape index (κ3) is 2.56. The monoisotopic (exact) mass is 255 g/mol. The van der Waals surface area contributed by atoms with Crippen molar-refractivity contribution in [2.75, 3.05) is 0 Å². The van der Waals surface area contributed by atoms with Crippen molar-refractivity contribution in [1.82, 2.24) is 15.1 Å². The number of hydrogen-bond acceptors (Lipinski definition) is 2. The lowest BCUT2D eigenvalue weighted by Gasteiger charge is -2.13. The maximum atomic E-state index is 4.41. The van der Waals surface area contributed by atoms with Gasteiger partial charge in [-0.2, -0.15) is 5.10 Å². The standard InChI is InChI=1S/C16H21N3/c1-11(15-10-19(3)18-12(15)2)17-16-9-14(16)13-7-5-4-6-8-13/h4-8,10-11,14,16-17H,9H2,1-3H3. The van der Waals surface area contributed by atoms with Crippen molar-refractivity contribution in [2.45, 2.75) is 38.3 Å². The summed E-state index contributed by atoms with van der Waals surface area (Å²) in [4.78, 5) is 0. The van der Waals surface area contributed by atoms with E-state index in [9.17, 15) is 0 Å². The molecule has 3 nitrogen and oxygen atoms in total. The van der Waals surface area contributed by atoms with Crippen LogP contribution in [0, 0.1) is 6.92 Å². The van der Waals surface area contributed by atoms with E-state index in [2.05, 4.69) is 60.8 Å². The zero-order chi connectivity index (χ0) is 13.4. The SMILES string of the molecule is Cc1nn(C)cc1C(C)NC1CC1c1ccccc1. The highest BCUT2D eigenvalue weighted by Gasteiger charge is 2.39. The number of hydrogen-bond donors (Lipinski definition) is 1. The predicted octanol–water partition coefficient (Wildman–Crippen LogP) is 2.94. The maximum absolute atomic E-state index is 4.41. The summed E-state index contributed by atoms with van der Waals surface area (Å²) in [6.07, 6.45) is 3.36. The Hall–Kier alpha value is -1.61. The molecular formula is C16H21N3. The molecule has 1 aliphatic rings. The summed E-state index contributed by atoms with van der Waals surface area (Å²) in [6.45, 7) is 4.31. The molecule has 19 heavy (non-hydrogen) atoms. The van der Waals surface area contributed by atoms with E-state index in [1.807, 2.05) is 11.7 Å². The van der Waals surface area contributed by atoms with Crippen molar-refractivity contribution in [3.8, 4) is 0 Å². The summed E-state index contributed by atoms with van der Waals surface area (Å²) in [5.74, 6) is 0.681. The number of rotatable bonds is 4. The Kier molecular flexibility index (Phi) is 3.15. The minimum atomic E-state index is 0.368. The molecule has 0 radical (unpaired) electrons. The van der Waals surface area contributed by atoms with E-state index in [1.165, 1.54) is 17.5 Å². The van der Waals surface area contributed by atoms with Crippen LogP contribution in [0.1, 0.15) is 42.1 Å². The van der Waals surface area contributed by atoms with Crippen LogP contribution < -0.4 is 5.32 Å². The summed E-state index contributed by atoms with van der Waals surface area (Å²) < 4.78 is 1.89. The molecule has 0 amide bonds. The molecular weight excluding hydrogens is 234 g/mol. The number of benzene rings is 1. The van der Waals surface area contributed by atoms with Gasteiger partial charge in [0.05, 0.1) is 5.69 Å². The minimum Gasteiger partial charge on any atom is -0.307 e. The van der Waals surface area contributed by atoms with Crippen molar-refractivity contribution in [3.63, 3.8) is 0 Å². The lowest BCUT2D eigenvalue weighted by Crippen LogP contribution is -2.22. The van der Waals surface area contributed by atoms with E-state index in [0.29, 0.717) is 18.0 Å². The molecule has 100 valence electrons. The Bertz CT molecular complexity index is 559. The second-order valence-electron chi connectivity index (χ2n) is 5.59. The summed E-state index contributed by atoms with van der Waals surface area (Å²) in [7, 11) is 1.98. The van der Waals surface area contributed by atoms with Crippen molar-refractivity contribution in [2.24, 2.45) is 7.05 Å². The number of aryl methyl sites for hydroxylation is 2. The van der Waals surface area contributed by atoms with Gasteiger partial charge in [0.2, 0.25) is 0 Å². The average Bonchev–Trinajstić information content (AvgIpc) is 3.07. The van der Waals surface area contributed by atoms with Crippen molar-refractivity contribution < 1.29 is 0 Å². The topological polar surface area (TPSA) is 29.9 Å². The van der Waals surface area contributed by atoms with Crippen LogP contribution in [0.25, 0.3) is 0 Å². The van der Waals surface area contributed by atoms with E-state index in [1.54, 1.807) is 0 Å². The first-order valence-electron chi connectivity index (χ1n) is 6.96. The molecule has 0 bridgehead atoms. The maximum Gasteiger partial charge on any atom is 0.0641 e. The first-order valence-corrected chi connectivity index (χ1v) is 6.96. The lowest BCUT2D eigenvalue weighted by molar-refractivity contribution is 0.560. The van der Waals surface area contributed by atoms with Crippen LogP contribution in [0.5, 0.6) is 0 Å². The molecule has 1 fully saturated rings. The van der Waals surface area contributed by atoms with Gasteiger partial charge in [0.25, 0.3) is 0 Å². The van der Waals surface area contributed by atoms with Crippen molar-refractivity contribution in [1.29, 1.82) is 0 Å². The van der Waals surface area contributed by atoms with Crippen LogP contribution in [0.4, 0.5) is 0 Å². The number of nitrogens with zero attached hydrogens (tertiary/aromatic N) is 2. The molecule has 3 rings (SSSR count). The smallest absolute Gasteiger partial charge is 0.0641 e. The highest BCUT2D eigenvalue weighted by molar-refractivity contribution is 5.29. The lowest BCUT2D eigenvalue weighted by atomic mass is 10.1. The third-order valence-corrected chi connectivity index (χ3v) is 4.00. The zero-order valence-electron chi connectivity index (χ0n) is 11.8. The van der Waals surface area contributed by atoms with Crippen molar-refractivity contribution in [3.05, 3.63) is 53.3 Å². The Morgan fingerprint density at radius 1 is 1.32 bits per heavy atom. The van der Waals surface area contributed by atoms with E-state index in [4.69, 9.17) is 0 Å². The van der Waals surface area contributed by atoms with Gasteiger partial charge >= 0.3 is 0 Å². The van der Waals surface area contributed by atoms with Crippen molar-refractivity contribution >= 4 is 0 Å². The molecule has 3 atom stereocenters. The Morgan fingerprint density at radius 2 is 2.05 bits per heavy atom. The average molecular weight is 255 g/mol. The largest absolute Gasteiger partial charge is 0.307 e. The first-order chi connectivity index (χ1) is 9.15. The molecule has 1 aromatic carbocycles. The van der Waals surface area contributed by atoms with E-state index in [0.717, 1.165) is 5.69 Å². The van der Waals surface area contributed by atoms with E-state index >= 15 is 0 Å². The molecule has 0 spiro atoms. The molecule has 1 aromatic heterocycles. The highest BCUT2D eigenvalue weighted by Crippen LogP contribution is 2.41. The molecule has 2 aromatic rings. The first kappa shape index (κ1) is 12.4. The van der Waals surface area contributed by atoms with Gasteiger partial charge in [-0.1, -0.05) is 30.3 Å². The second kappa shape index (κ2) is 4.82. The number of nitrogens with one attached hydrogen (secondary N) is 1. The fourth-order valence-electron chi connectivity index (χ4n) is 2.90. The van der Waals surface area contributed by atoms with Gasteiger partial charge in [-0.15, -0.1) is 0 Å². The molecule has 0 saturated heterocycles. The Balaban J connectivity index is 1.63.